The summed E-state index contributed by atoms with van der Waals surface area (Å²) in [6, 6.07) is 1.82. The van der Waals surface area contributed by atoms with Crippen molar-refractivity contribution in [2.45, 2.75) is 19.4 Å². The van der Waals surface area contributed by atoms with Crippen LogP contribution >= 0.6 is 0 Å². The van der Waals surface area contributed by atoms with Crippen LogP contribution in [0.25, 0.3) is 0 Å². The second kappa shape index (κ2) is 6.19. The van der Waals surface area contributed by atoms with Crippen LogP contribution in [0.5, 0.6) is 0 Å². The molecule has 5 heteroatoms. The molecule has 5 nitrogen and oxygen atoms in total. The average molecular weight is 211 g/mol. The van der Waals surface area contributed by atoms with Crippen LogP contribution < -0.4 is 5.32 Å². The number of rotatable bonds is 6. The Hall–Kier alpha value is -1.36. The van der Waals surface area contributed by atoms with Crippen LogP contribution in [0.15, 0.2) is 16.8 Å². The van der Waals surface area contributed by atoms with E-state index in [4.69, 9.17) is 4.52 Å². The zero-order valence-electron chi connectivity index (χ0n) is 9.19. The Morgan fingerprint density at radius 2 is 2.40 bits per heavy atom. The molecule has 0 saturated carbocycles. The maximum Gasteiger partial charge on any atom is 0.222 e. The third kappa shape index (κ3) is 4.60. The molecule has 1 aromatic heterocycles. The van der Waals surface area contributed by atoms with E-state index in [1.807, 2.05) is 6.07 Å². The van der Waals surface area contributed by atoms with Gasteiger partial charge in [-0.05, 0) is 13.0 Å². The van der Waals surface area contributed by atoms with Crippen molar-refractivity contribution in [1.82, 2.24) is 15.4 Å². The molecule has 0 fully saturated rings. The van der Waals surface area contributed by atoms with Crippen LogP contribution in [0.3, 0.4) is 0 Å². The maximum absolute atomic E-state index is 11.2. The lowest BCUT2D eigenvalue weighted by atomic mass is 10.3. The first-order valence-electron chi connectivity index (χ1n) is 5.00. The number of carbonyl (C=O) groups excluding carboxylic acids is 1. The lowest BCUT2D eigenvalue weighted by Crippen LogP contribution is -2.23. The van der Waals surface area contributed by atoms with E-state index in [0.29, 0.717) is 13.0 Å². The van der Waals surface area contributed by atoms with Gasteiger partial charge in [-0.15, -0.1) is 0 Å². The molecule has 1 rings (SSSR count). The lowest BCUT2D eigenvalue weighted by molar-refractivity contribution is -0.128. The van der Waals surface area contributed by atoms with Gasteiger partial charge in [0.1, 0.15) is 5.76 Å². The molecule has 0 aromatic carbocycles. The first-order chi connectivity index (χ1) is 7.20. The van der Waals surface area contributed by atoms with Gasteiger partial charge in [0.2, 0.25) is 5.91 Å². The van der Waals surface area contributed by atoms with Crippen molar-refractivity contribution in [2.75, 3.05) is 20.6 Å². The second-order valence-electron chi connectivity index (χ2n) is 3.55. The van der Waals surface area contributed by atoms with Gasteiger partial charge in [0.05, 0.1) is 12.7 Å². The van der Waals surface area contributed by atoms with E-state index < -0.39 is 0 Å². The molecule has 0 aliphatic carbocycles. The number of amides is 1. The van der Waals surface area contributed by atoms with Crippen molar-refractivity contribution in [3.63, 3.8) is 0 Å². The third-order valence-corrected chi connectivity index (χ3v) is 2.03. The van der Waals surface area contributed by atoms with Crippen molar-refractivity contribution < 1.29 is 9.32 Å². The van der Waals surface area contributed by atoms with Gasteiger partial charge in [0.15, 0.2) is 0 Å². The molecular formula is C10H17N3O2. The first kappa shape index (κ1) is 11.7. The quantitative estimate of drug-likeness (QED) is 0.701. The standard InChI is InChI=1S/C10H17N3O2/c1-13(2)10(14)4-3-6-11-8-9-5-7-12-15-9/h5,7,11H,3-4,6,8H2,1-2H3. The fraction of sp³-hybridized carbons (Fsp3) is 0.600. The predicted octanol–water partition coefficient (Wildman–Crippen LogP) is 0.633. The number of hydrogen-bond donors (Lipinski definition) is 1. The predicted molar refractivity (Wildman–Crippen MR) is 56.1 cm³/mol. The molecule has 1 aromatic rings. The van der Waals surface area contributed by atoms with Gasteiger partial charge in [0, 0.05) is 26.6 Å². The Bertz CT molecular complexity index is 283. The van der Waals surface area contributed by atoms with E-state index in [-0.39, 0.29) is 5.91 Å². The number of nitrogens with zero attached hydrogens (tertiary/aromatic N) is 2. The van der Waals surface area contributed by atoms with Crippen LogP contribution in [0, 0.1) is 0 Å². The minimum atomic E-state index is 0.163. The third-order valence-electron chi connectivity index (χ3n) is 2.03. The van der Waals surface area contributed by atoms with Gasteiger partial charge < -0.3 is 14.7 Å². The number of carbonyl (C=O) groups is 1. The van der Waals surface area contributed by atoms with Gasteiger partial charge in [-0.1, -0.05) is 5.16 Å². The molecule has 1 heterocycles. The summed E-state index contributed by atoms with van der Waals surface area (Å²) >= 11 is 0. The van der Waals surface area contributed by atoms with Crippen molar-refractivity contribution in [3.05, 3.63) is 18.0 Å². The first-order valence-corrected chi connectivity index (χ1v) is 5.00. The summed E-state index contributed by atoms with van der Waals surface area (Å²) in [6.07, 6.45) is 3.04. The molecule has 1 N–H and O–H groups in total. The fourth-order valence-corrected chi connectivity index (χ4v) is 1.13. The topological polar surface area (TPSA) is 58.4 Å². The van der Waals surface area contributed by atoms with Gasteiger partial charge in [-0.2, -0.15) is 0 Å². The van der Waals surface area contributed by atoms with E-state index in [9.17, 15) is 4.79 Å². The molecule has 0 spiro atoms. The monoisotopic (exact) mass is 211 g/mol. The summed E-state index contributed by atoms with van der Waals surface area (Å²) in [6.45, 7) is 1.47. The molecule has 0 radical (unpaired) electrons. The summed E-state index contributed by atoms with van der Waals surface area (Å²) in [7, 11) is 3.54. The van der Waals surface area contributed by atoms with E-state index >= 15 is 0 Å². The van der Waals surface area contributed by atoms with Crippen LogP contribution in [0.2, 0.25) is 0 Å². The minimum absolute atomic E-state index is 0.163. The number of nitrogens with one attached hydrogen (secondary N) is 1. The summed E-state index contributed by atoms with van der Waals surface area (Å²) in [5.41, 5.74) is 0. The van der Waals surface area contributed by atoms with Crippen LogP contribution in [0.4, 0.5) is 0 Å². The zero-order valence-corrected chi connectivity index (χ0v) is 9.19. The van der Waals surface area contributed by atoms with Crippen molar-refractivity contribution in [1.29, 1.82) is 0 Å². The molecule has 0 saturated heterocycles. The van der Waals surface area contributed by atoms with Gasteiger partial charge in [0.25, 0.3) is 0 Å². The summed E-state index contributed by atoms with van der Waals surface area (Å²) < 4.78 is 4.91. The number of aromatic nitrogens is 1. The van der Waals surface area contributed by atoms with Crippen LogP contribution in [-0.2, 0) is 11.3 Å². The molecule has 0 aliphatic heterocycles. The lowest BCUT2D eigenvalue weighted by Gasteiger charge is -2.09. The Morgan fingerprint density at radius 1 is 1.60 bits per heavy atom. The normalized spacial score (nSPS) is 10.3. The Kier molecular flexibility index (Phi) is 4.83. The van der Waals surface area contributed by atoms with Gasteiger partial charge in [-0.3, -0.25) is 4.79 Å². The SMILES string of the molecule is CN(C)C(=O)CCCNCc1ccno1. The smallest absolute Gasteiger partial charge is 0.222 e. The highest BCUT2D eigenvalue weighted by Crippen LogP contribution is 1.96. The minimum Gasteiger partial charge on any atom is -0.360 e. The van der Waals surface area contributed by atoms with Crippen LogP contribution in [-0.4, -0.2) is 36.6 Å². The highest BCUT2D eigenvalue weighted by atomic mass is 16.5. The molecule has 1 amide bonds. The second-order valence-corrected chi connectivity index (χ2v) is 3.55. The zero-order chi connectivity index (χ0) is 11.1. The molecule has 0 aliphatic rings. The maximum atomic E-state index is 11.2. The average Bonchev–Trinajstić information content (AvgIpc) is 2.69. The van der Waals surface area contributed by atoms with E-state index in [2.05, 4.69) is 10.5 Å². The van der Waals surface area contributed by atoms with E-state index in [0.717, 1.165) is 18.7 Å². The molecule has 0 unspecified atom stereocenters. The largest absolute Gasteiger partial charge is 0.360 e. The number of hydrogen-bond acceptors (Lipinski definition) is 4. The molecule has 0 atom stereocenters. The van der Waals surface area contributed by atoms with E-state index in [1.54, 1.807) is 25.2 Å². The van der Waals surface area contributed by atoms with Crippen molar-refractivity contribution in [3.8, 4) is 0 Å². The highest BCUT2D eigenvalue weighted by molar-refractivity contribution is 5.75. The highest BCUT2D eigenvalue weighted by Gasteiger charge is 2.02. The van der Waals surface area contributed by atoms with Crippen LogP contribution in [0.1, 0.15) is 18.6 Å². The summed E-state index contributed by atoms with van der Waals surface area (Å²) in [4.78, 5) is 12.8. The Morgan fingerprint density at radius 3 is 3.00 bits per heavy atom. The van der Waals surface area contributed by atoms with Crippen molar-refractivity contribution in [2.24, 2.45) is 0 Å². The Labute approximate surface area is 89.4 Å². The van der Waals surface area contributed by atoms with Crippen molar-refractivity contribution >= 4 is 5.91 Å². The molecule has 0 bridgehead atoms. The van der Waals surface area contributed by atoms with Gasteiger partial charge >= 0.3 is 0 Å². The Balaban J connectivity index is 2.00. The molecular weight excluding hydrogens is 194 g/mol. The summed E-state index contributed by atoms with van der Waals surface area (Å²) in [5, 5.41) is 6.77. The fourth-order valence-electron chi connectivity index (χ4n) is 1.13. The summed E-state index contributed by atoms with van der Waals surface area (Å²) in [5.74, 6) is 0.977. The van der Waals surface area contributed by atoms with E-state index in [1.165, 1.54) is 0 Å². The molecule has 84 valence electrons. The molecule has 15 heavy (non-hydrogen) atoms. The van der Waals surface area contributed by atoms with Gasteiger partial charge in [-0.25, -0.2) is 0 Å².